The molecule has 1 N–H and O–H groups in total. The smallest absolute Gasteiger partial charge is 0.171 e. The average Bonchev–Trinajstić information content (AvgIpc) is 3.39. The van der Waals surface area contributed by atoms with Crippen LogP contribution in [0.2, 0.25) is 26.2 Å². The second kappa shape index (κ2) is 16.2. The number of benzene rings is 1. The van der Waals surface area contributed by atoms with Crippen LogP contribution < -0.4 is 4.74 Å². The van der Waals surface area contributed by atoms with E-state index in [4.69, 9.17) is 13.6 Å². The van der Waals surface area contributed by atoms with Gasteiger partial charge in [0, 0.05) is 0 Å². The summed E-state index contributed by atoms with van der Waals surface area (Å²) in [5, 5.41) is 10.7. The number of allylic oxidation sites excluding steroid dienone is 5. The van der Waals surface area contributed by atoms with E-state index in [0.717, 1.165) is 44.3 Å². The first-order chi connectivity index (χ1) is 19.9. The molecule has 0 fully saturated rings. The zero-order chi connectivity index (χ0) is 32.6. The van der Waals surface area contributed by atoms with Gasteiger partial charge in [-0.05, 0) is 116 Å². The van der Waals surface area contributed by atoms with Crippen LogP contribution in [0.25, 0.3) is 0 Å². The molecule has 1 aromatic rings. The van der Waals surface area contributed by atoms with Gasteiger partial charge in [0.1, 0.15) is 12.4 Å². The third kappa shape index (κ3) is 11.5. The molecule has 0 radical (unpaired) electrons. The third-order valence-corrected chi connectivity index (χ3v) is 10.1. The summed E-state index contributed by atoms with van der Waals surface area (Å²) in [7, 11) is -2.61. The van der Waals surface area contributed by atoms with E-state index < -0.39 is 23.7 Å². The number of rotatable bonds is 16. The first-order valence-electron chi connectivity index (χ1n) is 16.8. The molecule has 244 valence electrons. The second-order valence-electron chi connectivity index (χ2n) is 15.2. The summed E-state index contributed by atoms with van der Waals surface area (Å²) in [5.74, 6) is 0.885. The molecule has 0 spiro atoms. The molecule has 0 heterocycles. The van der Waals surface area contributed by atoms with Gasteiger partial charge in [-0.3, -0.25) is 0 Å². The van der Waals surface area contributed by atoms with Gasteiger partial charge >= 0.3 is 0 Å². The molecular formula is C37H64O4Si2. The highest BCUT2D eigenvalue weighted by atomic mass is 28.3. The fourth-order valence-corrected chi connectivity index (χ4v) is 8.04. The van der Waals surface area contributed by atoms with Crippen molar-refractivity contribution in [3.05, 3.63) is 64.3 Å². The highest BCUT2D eigenvalue weighted by Gasteiger charge is 2.36. The molecule has 4 nitrogen and oxygen atoms in total. The van der Waals surface area contributed by atoms with E-state index in [1.807, 2.05) is 0 Å². The van der Waals surface area contributed by atoms with Gasteiger partial charge in [-0.1, -0.05) is 86.6 Å². The maximum Gasteiger partial charge on any atom is 0.171 e. The summed E-state index contributed by atoms with van der Waals surface area (Å²) in [5.41, 5.74) is 5.83. The van der Waals surface area contributed by atoms with E-state index in [1.165, 1.54) is 27.8 Å². The number of aliphatic hydroxyl groups is 1. The van der Waals surface area contributed by atoms with Crippen LogP contribution in [0, 0.1) is 10.8 Å². The van der Waals surface area contributed by atoms with Gasteiger partial charge in [-0.2, -0.15) is 0 Å². The topological polar surface area (TPSA) is 47.9 Å². The van der Waals surface area contributed by atoms with Crippen molar-refractivity contribution in [2.75, 3.05) is 6.61 Å². The predicted octanol–water partition coefficient (Wildman–Crippen LogP) is 10.2. The minimum absolute atomic E-state index is 0.000287. The van der Waals surface area contributed by atoms with Gasteiger partial charge in [-0.25, -0.2) is 0 Å². The maximum atomic E-state index is 10.7. The Morgan fingerprint density at radius 3 is 1.91 bits per heavy atom. The monoisotopic (exact) mass is 628 g/mol. The van der Waals surface area contributed by atoms with Crippen LogP contribution in [0.3, 0.4) is 0 Å². The van der Waals surface area contributed by atoms with E-state index in [-0.39, 0.29) is 23.0 Å². The zero-order valence-electron chi connectivity index (χ0n) is 29.9. The number of ether oxygens (including phenoxy) is 1. The molecule has 0 aromatic heterocycles. The van der Waals surface area contributed by atoms with Crippen LogP contribution in [-0.4, -0.2) is 35.4 Å². The van der Waals surface area contributed by atoms with E-state index >= 15 is 0 Å². The lowest BCUT2D eigenvalue weighted by Gasteiger charge is -2.39. The highest BCUT2D eigenvalue weighted by molar-refractivity contribution is 6.48. The standard InChI is InChI=1S/C37H64O4Si2/c1-14-28(18-17-23-37(38,15-2)16-3)29-20-19-27(24-29)26-39-30-21-22-31(33(35(4,5)6)40-42(10)11)32(25-30)34(36(7,8)9)41-43(12)13/h18-22,25,33-34,38,42-43H,14-17,23-24,26H2,1-13H3. The lowest BCUT2D eigenvalue weighted by atomic mass is 9.77. The normalized spacial score (nSPS) is 16.5. The summed E-state index contributed by atoms with van der Waals surface area (Å²) in [6, 6.07) is 6.59. The van der Waals surface area contributed by atoms with E-state index in [0.29, 0.717) is 6.61 Å². The van der Waals surface area contributed by atoms with Crippen molar-refractivity contribution in [1.82, 2.24) is 0 Å². The van der Waals surface area contributed by atoms with Crippen LogP contribution in [0.5, 0.6) is 5.75 Å². The van der Waals surface area contributed by atoms with Crippen LogP contribution in [-0.2, 0) is 8.85 Å². The molecule has 0 aliphatic heterocycles. The van der Waals surface area contributed by atoms with Gasteiger partial charge in [0.25, 0.3) is 0 Å². The molecule has 1 aromatic carbocycles. The maximum absolute atomic E-state index is 10.7. The SMILES string of the molecule is CCC(=CCCC(O)(CC)CC)C1=CC=C(COc2ccc(C(O[SiH](C)C)C(C)(C)C)c(C(O[SiH](C)C)C(C)(C)C)c2)C1. The van der Waals surface area contributed by atoms with E-state index in [1.54, 1.807) is 0 Å². The van der Waals surface area contributed by atoms with E-state index in [2.05, 4.69) is 125 Å². The van der Waals surface area contributed by atoms with Crippen LogP contribution >= 0.6 is 0 Å². The van der Waals surface area contributed by atoms with Crippen LogP contribution in [0.1, 0.15) is 124 Å². The number of hydrogen-bond donors (Lipinski definition) is 1. The highest BCUT2D eigenvalue weighted by Crippen LogP contribution is 2.46. The minimum Gasteiger partial charge on any atom is -0.489 e. The summed E-state index contributed by atoms with van der Waals surface area (Å²) in [6.45, 7) is 29.6. The predicted molar refractivity (Wildman–Crippen MR) is 190 cm³/mol. The molecule has 0 saturated carbocycles. The third-order valence-electron chi connectivity index (χ3n) is 8.48. The molecule has 0 saturated heterocycles. The lowest BCUT2D eigenvalue weighted by molar-refractivity contribution is 0.0246. The Kier molecular flexibility index (Phi) is 14.2. The van der Waals surface area contributed by atoms with E-state index in [9.17, 15) is 5.11 Å². The first-order valence-corrected chi connectivity index (χ1v) is 22.4. The molecule has 0 bridgehead atoms. The Morgan fingerprint density at radius 1 is 0.860 bits per heavy atom. The lowest BCUT2D eigenvalue weighted by Crippen LogP contribution is -2.31. The van der Waals surface area contributed by atoms with Gasteiger partial charge in [0.05, 0.1) is 17.8 Å². The molecule has 43 heavy (non-hydrogen) atoms. The Labute approximate surface area is 268 Å². The van der Waals surface area contributed by atoms with Gasteiger partial charge in [0.15, 0.2) is 18.1 Å². The summed E-state index contributed by atoms with van der Waals surface area (Å²) < 4.78 is 20.0. The molecule has 2 rings (SSSR count). The van der Waals surface area contributed by atoms with Gasteiger partial charge in [-0.15, -0.1) is 0 Å². The molecule has 6 heteroatoms. The van der Waals surface area contributed by atoms with Crippen LogP contribution in [0.15, 0.2) is 53.1 Å². The molecule has 1 aliphatic carbocycles. The van der Waals surface area contributed by atoms with Crippen molar-refractivity contribution in [3.8, 4) is 5.75 Å². The number of hydrogen-bond acceptors (Lipinski definition) is 4. The Bertz CT molecular complexity index is 1110. The van der Waals surface area contributed by atoms with Crippen molar-refractivity contribution in [2.45, 2.75) is 145 Å². The minimum atomic E-state index is -1.32. The molecule has 1 aliphatic rings. The summed E-state index contributed by atoms with van der Waals surface area (Å²) in [4.78, 5) is 0. The average molecular weight is 629 g/mol. The van der Waals surface area contributed by atoms with Crippen molar-refractivity contribution in [2.24, 2.45) is 10.8 Å². The molecule has 2 atom stereocenters. The largest absolute Gasteiger partial charge is 0.489 e. The van der Waals surface area contributed by atoms with Crippen LogP contribution in [0.4, 0.5) is 0 Å². The molecular weight excluding hydrogens is 565 g/mol. The van der Waals surface area contributed by atoms with Crippen molar-refractivity contribution in [3.63, 3.8) is 0 Å². The van der Waals surface area contributed by atoms with Crippen molar-refractivity contribution < 1.29 is 18.7 Å². The summed E-state index contributed by atoms with van der Waals surface area (Å²) in [6.07, 6.45) is 12.0. The quantitative estimate of drug-likeness (QED) is 0.185. The zero-order valence-corrected chi connectivity index (χ0v) is 32.2. The molecule has 2 unspecified atom stereocenters. The fraction of sp³-hybridized carbons (Fsp3) is 0.676. The Balaban J connectivity index is 2.29. The second-order valence-corrected chi connectivity index (χ2v) is 19.9. The van der Waals surface area contributed by atoms with Gasteiger partial charge < -0.3 is 18.7 Å². The van der Waals surface area contributed by atoms with Gasteiger partial charge in [0.2, 0.25) is 0 Å². The fourth-order valence-electron chi connectivity index (χ4n) is 5.84. The Hall–Kier alpha value is -1.45. The van der Waals surface area contributed by atoms with Crippen molar-refractivity contribution >= 4 is 18.1 Å². The first kappa shape index (κ1) is 37.7. The molecule has 0 amide bonds. The van der Waals surface area contributed by atoms with Crippen molar-refractivity contribution in [1.29, 1.82) is 0 Å². The summed E-state index contributed by atoms with van der Waals surface area (Å²) >= 11 is 0. The Morgan fingerprint density at radius 2 is 1.42 bits per heavy atom.